The second-order valence-electron chi connectivity index (χ2n) is 8.26. The first-order valence-corrected chi connectivity index (χ1v) is 12.5. The molecule has 9 heteroatoms. The highest BCUT2D eigenvalue weighted by atomic mass is 32.2. The summed E-state index contributed by atoms with van der Waals surface area (Å²) >= 11 is 0. The van der Waals surface area contributed by atoms with Crippen molar-refractivity contribution in [1.29, 1.82) is 10.5 Å². The van der Waals surface area contributed by atoms with Crippen LogP contribution in [0.15, 0.2) is 52.2 Å². The Morgan fingerprint density at radius 2 is 1.56 bits per heavy atom. The van der Waals surface area contributed by atoms with Crippen LogP contribution in [0.5, 0.6) is 11.5 Å². The summed E-state index contributed by atoms with van der Waals surface area (Å²) in [6.45, 7) is 6.34. The Labute approximate surface area is 199 Å². The minimum absolute atomic E-state index is 0.0604. The number of benzene rings is 2. The van der Waals surface area contributed by atoms with Gasteiger partial charge in [-0.15, -0.1) is 0 Å². The molecule has 0 aliphatic heterocycles. The van der Waals surface area contributed by atoms with Gasteiger partial charge in [0, 0.05) is 11.7 Å². The lowest BCUT2D eigenvalue weighted by Gasteiger charge is -2.27. The van der Waals surface area contributed by atoms with Gasteiger partial charge in [-0.1, -0.05) is 32.9 Å². The molecule has 0 aliphatic carbocycles. The van der Waals surface area contributed by atoms with Gasteiger partial charge in [-0.05, 0) is 41.8 Å². The average Bonchev–Trinajstić information content (AvgIpc) is 3.30. The topological polar surface area (TPSA) is 126 Å². The lowest BCUT2D eigenvalue weighted by molar-refractivity contribution is 0.264. The van der Waals surface area contributed by atoms with E-state index in [0.29, 0.717) is 23.7 Å². The Balaban J connectivity index is 1.88. The number of hydrogen-bond acceptors (Lipinski definition) is 8. The Bertz CT molecular complexity index is 1380. The van der Waals surface area contributed by atoms with Gasteiger partial charge in [0.2, 0.25) is 0 Å². The quantitative estimate of drug-likeness (QED) is 0.438. The standard InChI is InChI=1S/C25H25N3O5S/c1-5-10-31-21-8-6-19(11-17(21)13-26)25(2,3)20-7-9-22(18(12-20)14-27)32-15-23-24(28-16-33-23)34(4,29)30/h6-9,11-12,16H,5,10,15H2,1-4H3. The predicted molar refractivity (Wildman–Crippen MR) is 124 cm³/mol. The van der Waals surface area contributed by atoms with E-state index >= 15 is 0 Å². The molecule has 176 valence electrons. The van der Waals surface area contributed by atoms with Crippen molar-refractivity contribution >= 4 is 9.84 Å². The van der Waals surface area contributed by atoms with Crippen LogP contribution >= 0.6 is 0 Å². The lowest BCUT2D eigenvalue weighted by Crippen LogP contribution is -2.19. The summed E-state index contributed by atoms with van der Waals surface area (Å²) in [5.74, 6) is 0.898. The molecule has 3 rings (SSSR count). The van der Waals surface area contributed by atoms with Gasteiger partial charge in [0.25, 0.3) is 0 Å². The summed E-state index contributed by atoms with van der Waals surface area (Å²) in [5, 5.41) is 19.1. The molecule has 8 nitrogen and oxygen atoms in total. The zero-order valence-corrected chi connectivity index (χ0v) is 20.3. The number of ether oxygens (including phenoxy) is 2. The van der Waals surface area contributed by atoms with Crippen LogP contribution in [0.1, 0.15) is 55.2 Å². The van der Waals surface area contributed by atoms with Crippen LogP contribution in [0.3, 0.4) is 0 Å². The molecule has 2 aromatic carbocycles. The molecule has 0 bridgehead atoms. The first kappa shape index (κ1) is 24.8. The fourth-order valence-corrected chi connectivity index (χ4v) is 4.20. The van der Waals surface area contributed by atoms with Crippen molar-refractivity contribution in [3.8, 4) is 23.6 Å². The van der Waals surface area contributed by atoms with Crippen molar-refractivity contribution < 1.29 is 22.3 Å². The van der Waals surface area contributed by atoms with E-state index in [0.717, 1.165) is 30.2 Å². The van der Waals surface area contributed by atoms with Gasteiger partial charge in [-0.3, -0.25) is 0 Å². The third-order valence-electron chi connectivity index (χ3n) is 5.42. The maximum atomic E-state index is 11.8. The van der Waals surface area contributed by atoms with Crippen molar-refractivity contribution in [3.63, 3.8) is 0 Å². The number of aromatic nitrogens is 1. The molecule has 0 saturated carbocycles. The highest BCUT2D eigenvalue weighted by Crippen LogP contribution is 2.36. The number of nitrogens with zero attached hydrogens (tertiary/aromatic N) is 3. The number of nitriles is 2. The number of sulfone groups is 1. The van der Waals surface area contributed by atoms with Crippen LogP contribution in [0, 0.1) is 22.7 Å². The van der Waals surface area contributed by atoms with Gasteiger partial charge in [-0.25, -0.2) is 13.4 Å². The minimum atomic E-state index is -3.56. The first-order chi connectivity index (χ1) is 16.1. The normalized spacial score (nSPS) is 11.5. The van der Waals surface area contributed by atoms with Crippen LogP contribution in [-0.2, 0) is 21.9 Å². The van der Waals surface area contributed by atoms with Crippen molar-refractivity contribution in [3.05, 3.63) is 70.8 Å². The van der Waals surface area contributed by atoms with Gasteiger partial charge in [0.15, 0.2) is 27.0 Å². The molecule has 1 aromatic heterocycles. The van der Waals surface area contributed by atoms with Gasteiger partial charge < -0.3 is 13.9 Å². The van der Waals surface area contributed by atoms with Gasteiger partial charge in [-0.2, -0.15) is 10.5 Å². The zero-order chi connectivity index (χ0) is 24.9. The van der Waals surface area contributed by atoms with Crippen molar-refractivity contribution in [2.45, 2.75) is 44.2 Å². The molecular formula is C25H25N3O5S. The summed E-state index contributed by atoms with van der Waals surface area (Å²) in [5.41, 5.74) is 1.96. The minimum Gasteiger partial charge on any atom is -0.492 e. The lowest BCUT2D eigenvalue weighted by atomic mass is 9.77. The molecule has 0 spiro atoms. The van der Waals surface area contributed by atoms with Crippen LogP contribution in [-0.4, -0.2) is 26.3 Å². The smallest absolute Gasteiger partial charge is 0.200 e. The summed E-state index contributed by atoms with van der Waals surface area (Å²) in [7, 11) is -3.56. The second-order valence-corrected chi connectivity index (χ2v) is 10.2. The van der Waals surface area contributed by atoms with Crippen LogP contribution in [0.25, 0.3) is 0 Å². The third-order valence-corrected chi connectivity index (χ3v) is 6.45. The van der Waals surface area contributed by atoms with Crippen LogP contribution in [0.4, 0.5) is 0 Å². The summed E-state index contributed by atoms with van der Waals surface area (Å²) < 4.78 is 40.1. The van der Waals surface area contributed by atoms with Gasteiger partial charge in [0.1, 0.15) is 30.2 Å². The first-order valence-electron chi connectivity index (χ1n) is 10.6. The largest absolute Gasteiger partial charge is 0.492 e. The molecule has 0 aliphatic rings. The van der Waals surface area contributed by atoms with E-state index in [1.807, 2.05) is 32.9 Å². The molecular weight excluding hydrogens is 454 g/mol. The summed E-state index contributed by atoms with van der Waals surface area (Å²) in [6, 6.07) is 15.1. The number of oxazole rings is 1. The van der Waals surface area contributed by atoms with Crippen LogP contribution < -0.4 is 9.47 Å². The fraction of sp³-hybridized carbons (Fsp3) is 0.320. The molecule has 34 heavy (non-hydrogen) atoms. The highest BCUT2D eigenvalue weighted by Gasteiger charge is 2.26. The molecule has 0 saturated heterocycles. The van der Waals surface area contributed by atoms with Crippen molar-refractivity contribution in [1.82, 2.24) is 4.98 Å². The maximum absolute atomic E-state index is 11.8. The van der Waals surface area contributed by atoms with Gasteiger partial charge in [0.05, 0.1) is 17.7 Å². The zero-order valence-electron chi connectivity index (χ0n) is 19.5. The van der Waals surface area contributed by atoms with Gasteiger partial charge >= 0.3 is 0 Å². The van der Waals surface area contributed by atoms with E-state index in [9.17, 15) is 18.9 Å². The molecule has 0 fully saturated rings. The molecule has 3 aromatic rings. The molecule has 0 unspecified atom stereocenters. The van der Waals surface area contributed by atoms with E-state index in [1.165, 1.54) is 0 Å². The highest BCUT2D eigenvalue weighted by molar-refractivity contribution is 7.90. The molecule has 0 amide bonds. The molecule has 0 radical (unpaired) electrons. The monoisotopic (exact) mass is 479 g/mol. The Kier molecular flexibility index (Phi) is 7.29. The van der Waals surface area contributed by atoms with E-state index in [-0.39, 0.29) is 23.0 Å². The van der Waals surface area contributed by atoms with Crippen LogP contribution in [0.2, 0.25) is 0 Å². The Morgan fingerprint density at radius 1 is 1.00 bits per heavy atom. The predicted octanol–water partition coefficient (Wildman–Crippen LogP) is 4.52. The van der Waals surface area contributed by atoms with E-state index in [4.69, 9.17) is 13.9 Å². The Morgan fingerprint density at radius 3 is 2.06 bits per heavy atom. The number of hydrogen-bond donors (Lipinski definition) is 0. The SMILES string of the molecule is CCCOc1ccc(C(C)(C)c2ccc(OCc3ocnc3S(C)(=O)=O)c(C#N)c2)cc1C#N. The number of rotatable bonds is 9. The third kappa shape index (κ3) is 5.22. The van der Waals surface area contributed by atoms with Crippen molar-refractivity contribution in [2.75, 3.05) is 12.9 Å². The molecule has 0 N–H and O–H groups in total. The summed E-state index contributed by atoms with van der Waals surface area (Å²) in [6.07, 6.45) is 2.92. The molecule has 1 heterocycles. The Hall–Kier alpha value is -3.82. The second kappa shape index (κ2) is 9.98. The summed E-state index contributed by atoms with van der Waals surface area (Å²) in [4.78, 5) is 3.73. The average molecular weight is 480 g/mol. The van der Waals surface area contributed by atoms with Crippen molar-refractivity contribution in [2.24, 2.45) is 0 Å². The molecule has 0 atom stereocenters. The van der Waals surface area contributed by atoms with E-state index in [2.05, 4.69) is 17.1 Å². The fourth-order valence-electron chi connectivity index (χ4n) is 3.44. The van der Waals surface area contributed by atoms with E-state index in [1.54, 1.807) is 24.3 Å². The maximum Gasteiger partial charge on any atom is 0.200 e. The van der Waals surface area contributed by atoms with E-state index < -0.39 is 15.3 Å².